The summed E-state index contributed by atoms with van der Waals surface area (Å²) in [6, 6.07) is 18.5. The Kier molecular flexibility index (Phi) is 8.32. The van der Waals surface area contributed by atoms with Crippen LogP contribution in [0, 0.1) is 3.57 Å². The number of halogens is 1. The van der Waals surface area contributed by atoms with Crippen LogP contribution in [-0.2, 0) is 6.61 Å². The van der Waals surface area contributed by atoms with E-state index in [0.717, 1.165) is 14.7 Å². The Balaban J connectivity index is 1.69. The van der Waals surface area contributed by atoms with Gasteiger partial charge in [-0.05, 0) is 64.0 Å². The molecule has 0 aliphatic heterocycles. The smallest absolute Gasteiger partial charge is 0.271 e. The maximum Gasteiger partial charge on any atom is 0.271 e. The lowest BCUT2D eigenvalue weighted by Crippen LogP contribution is -2.17. The number of hydrogen-bond donors (Lipinski definition) is 1. The summed E-state index contributed by atoms with van der Waals surface area (Å²) in [5, 5.41) is 4.06. The van der Waals surface area contributed by atoms with Crippen LogP contribution in [0.3, 0.4) is 0 Å². The van der Waals surface area contributed by atoms with Crippen LogP contribution in [0.15, 0.2) is 65.8 Å². The lowest BCUT2D eigenvalue weighted by atomic mass is 10.2. The van der Waals surface area contributed by atoms with Crippen molar-refractivity contribution >= 4 is 34.7 Å². The van der Waals surface area contributed by atoms with Gasteiger partial charge in [-0.3, -0.25) is 4.79 Å². The normalized spacial score (nSPS) is 10.6. The van der Waals surface area contributed by atoms with Gasteiger partial charge in [-0.15, -0.1) is 0 Å². The van der Waals surface area contributed by atoms with Crippen LogP contribution in [0.4, 0.5) is 0 Å². The van der Waals surface area contributed by atoms with Crippen molar-refractivity contribution in [2.24, 2.45) is 5.10 Å². The largest absolute Gasteiger partial charge is 0.493 e. The molecule has 1 amide bonds. The van der Waals surface area contributed by atoms with Crippen LogP contribution in [0.1, 0.15) is 21.5 Å². The highest BCUT2D eigenvalue weighted by molar-refractivity contribution is 14.1. The van der Waals surface area contributed by atoms with Crippen LogP contribution in [-0.4, -0.2) is 33.5 Å². The number of carbonyl (C=O) groups is 1. The SMILES string of the molecule is COc1ccc(C(=O)N/N=C/c2cc(I)c(OCc3ccccc3)c(OC)c2)cc1OC. The third-order valence-electron chi connectivity index (χ3n) is 4.50. The molecule has 8 heteroatoms. The molecule has 0 unspecified atom stereocenters. The minimum Gasteiger partial charge on any atom is -0.493 e. The summed E-state index contributed by atoms with van der Waals surface area (Å²) < 4.78 is 22.7. The van der Waals surface area contributed by atoms with Crippen LogP contribution < -0.4 is 24.4 Å². The molecule has 0 heterocycles. The van der Waals surface area contributed by atoms with E-state index in [1.54, 1.807) is 37.6 Å². The second-order valence-electron chi connectivity index (χ2n) is 6.58. The van der Waals surface area contributed by atoms with Gasteiger partial charge in [0.25, 0.3) is 5.91 Å². The maximum atomic E-state index is 12.4. The number of methoxy groups -OCH3 is 3. The zero-order valence-electron chi connectivity index (χ0n) is 17.9. The molecule has 166 valence electrons. The van der Waals surface area contributed by atoms with E-state index >= 15 is 0 Å². The molecule has 0 aliphatic rings. The predicted molar refractivity (Wildman–Crippen MR) is 131 cm³/mol. The van der Waals surface area contributed by atoms with Gasteiger partial charge in [-0.1, -0.05) is 30.3 Å². The Morgan fingerprint density at radius 2 is 1.66 bits per heavy atom. The average molecular weight is 546 g/mol. The molecular weight excluding hydrogens is 523 g/mol. The number of rotatable bonds is 9. The number of amides is 1. The number of hydrogen-bond acceptors (Lipinski definition) is 6. The van der Waals surface area contributed by atoms with Gasteiger partial charge in [0, 0.05) is 5.56 Å². The highest BCUT2D eigenvalue weighted by atomic mass is 127. The number of benzene rings is 3. The number of nitrogens with one attached hydrogen (secondary N) is 1. The second kappa shape index (κ2) is 11.4. The monoisotopic (exact) mass is 546 g/mol. The molecule has 3 aromatic carbocycles. The molecule has 0 saturated carbocycles. The molecule has 1 N–H and O–H groups in total. The van der Waals surface area contributed by atoms with E-state index in [4.69, 9.17) is 18.9 Å². The summed E-state index contributed by atoms with van der Waals surface area (Å²) in [7, 11) is 4.63. The Hall–Kier alpha value is -3.27. The molecule has 0 bridgehead atoms. The minimum absolute atomic E-state index is 0.369. The Bertz CT molecular complexity index is 1100. The first-order valence-electron chi connectivity index (χ1n) is 9.65. The van der Waals surface area contributed by atoms with Crippen molar-refractivity contribution in [2.75, 3.05) is 21.3 Å². The molecular formula is C24H23IN2O5. The number of carbonyl (C=O) groups excluding carboxylic acids is 1. The fourth-order valence-corrected chi connectivity index (χ4v) is 3.67. The van der Waals surface area contributed by atoms with Gasteiger partial charge in [-0.2, -0.15) is 5.10 Å². The molecule has 3 aromatic rings. The minimum atomic E-state index is -0.369. The van der Waals surface area contributed by atoms with Gasteiger partial charge in [0.2, 0.25) is 0 Å². The lowest BCUT2D eigenvalue weighted by molar-refractivity contribution is 0.0954. The molecule has 0 saturated heterocycles. The Morgan fingerprint density at radius 3 is 2.34 bits per heavy atom. The summed E-state index contributed by atoms with van der Waals surface area (Å²) in [5.41, 5.74) is 4.73. The van der Waals surface area contributed by atoms with Crippen LogP contribution >= 0.6 is 22.6 Å². The van der Waals surface area contributed by atoms with Gasteiger partial charge in [0.15, 0.2) is 23.0 Å². The summed E-state index contributed by atoms with van der Waals surface area (Å²) in [4.78, 5) is 12.4. The van der Waals surface area contributed by atoms with Gasteiger partial charge < -0.3 is 18.9 Å². The van der Waals surface area contributed by atoms with E-state index < -0.39 is 0 Å². The first kappa shape index (κ1) is 23.4. The van der Waals surface area contributed by atoms with Crippen LogP contribution in [0.25, 0.3) is 0 Å². The lowest BCUT2D eigenvalue weighted by Gasteiger charge is -2.13. The number of ether oxygens (including phenoxy) is 4. The summed E-state index contributed by atoms with van der Waals surface area (Å²) in [5.74, 6) is 1.88. The molecule has 7 nitrogen and oxygen atoms in total. The summed E-state index contributed by atoms with van der Waals surface area (Å²) >= 11 is 2.19. The Labute approximate surface area is 200 Å². The quantitative estimate of drug-likeness (QED) is 0.240. The third kappa shape index (κ3) is 5.91. The van der Waals surface area contributed by atoms with Crippen molar-refractivity contribution in [3.8, 4) is 23.0 Å². The summed E-state index contributed by atoms with van der Waals surface area (Å²) in [6.45, 7) is 0.433. The molecule has 3 rings (SSSR count). The molecule has 0 aliphatic carbocycles. The van der Waals surface area contributed by atoms with Gasteiger partial charge in [-0.25, -0.2) is 5.43 Å². The highest BCUT2D eigenvalue weighted by Crippen LogP contribution is 2.34. The average Bonchev–Trinajstić information content (AvgIpc) is 2.83. The first-order valence-corrected chi connectivity index (χ1v) is 10.7. The molecule has 0 fully saturated rings. The zero-order chi connectivity index (χ0) is 22.9. The van der Waals surface area contributed by atoms with Crippen LogP contribution in [0.2, 0.25) is 0 Å². The fraction of sp³-hybridized carbons (Fsp3) is 0.167. The van der Waals surface area contributed by atoms with Crippen molar-refractivity contribution in [3.05, 3.63) is 80.9 Å². The van der Waals surface area contributed by atoms with Crippen molar-refractivity contribution in [1.82, 2.24) is 5.43 Å². The topological polar surface area (TPSA) is 78.4 Å². The van der Waals surface area contributed by atoms with Gasteiger partial charge >= 0.3 is 0 Å². The van der Waals surface area contributed by atoms with E-state index in [2.05, 4.69) is 33.1 Å². The van der Waals surface area contributed by atoms with Crippen molar-refractivity contribution in [2.45, 2.75) is 6.61 Å². The Morgan fingerprint density at radius 1 is 0.938 bits per heavy atom. The van der Waals surface area contributed by atoms with Crippen LogP contribution in [0.5, 0.6) is 23.0 Å². The predicted octanol–water partition coefficient (Wildman–Crippen LogP) is 4.66. The fourth-order valence-electron chi connectivity index (χ4n) is 2.89. The van der Waals surface area contributed by atoms with Crippen molar-refractivity contribution in [1.29, 1.82) is 0 Å². The van der Waals surface area contributed by atoms with E-state index in [1.165, 1.54) is 14.2 Å². The van der Waals surface area contributed by atoms with Crippen molar-refractivity contribution in [3.63, 3.8) is 0 Å². The first-order chi connectivity index (χ1) is 15.5. The van der Waals surface area contributed by atoms with E-state index in [0.29, 0.717) is 35.2 Å². The van der Waals surface area contributed by atoms with E-state index in [-0.39, 0.29) is 5.91 Å². The molecule has 0 radical (unpaired) electrons. The molecule has 0 atom stereocenters. The molecule has 0 spiro atoms. The molecule has 32 heavy (non-hydrogen) atoms. The summed E-state index contributed by atoms with van der Waals surface area (Å²) in [6.07, 6.45) is 1.55. The van der Waals surface area contributed by atoms with E-state index in [1.807, 2.05) is 36.4 Å². The van der Waals surface area contributed by atoms with Crippen molar-refractivity contribution < 1.29 is 23.7 Å². The third-order valence-corrected chi connectivity index (χ3v) is 5.30. The second-order valence-corrected chi connectivity index (χ2v) is 7.74. The van der Waals surface area contributed by atoms with Gasteiger partial charge in [0.05, 0.1) is 31.1 Å². The zero-order valence-corrected chi connectivity index (χ0v) is 20.1. The molecule has 0 aromatic heterocycles. The standard InChI is InChI=1S/C24H23IN2O5/c1-29-20-10-9-18(13-21(20)30-2)24(28)27-26-14-17-11-19(25)23(22(12-17)31-3)32-15-16-7-5-4-6-8-16/h4-14H,15H2,1-3H3,(H,27,28)/b26-14+. The number of nitrogens with zero attached hydrogens (tertiary/aromatic N) is 1. The van der Waals surface area contributed by atoms with Gasteiger partial charge in [0.1, 0.15) is 6.61 Å². The number of hydrazone groups is 1. The maximum absolute atomic E-state index is 12.4. The highest BCUT2D eigenvalue weighted by Gasteiger charge is 2.12. The van der Waals surface area contributed by atoms with E-state index in [9.17, 15) is 4.79 Å².